The van der Waals surface area contributed by atoms with Crippen molar-refractivity contribution in [3.05, 3.63) is 12.2 Å². The van der Waals surface area contributed by atoms with Crippen LogP contribution in [0.2, 0.25) is 0 Å². The molecule has 0 heterocycles. The molecule has 0 amide bonds. The van der Waals surface area contributed by atoms with Crippen molar-refractivity contribution < 1.29 is 28.9 Å². The minimum Gasteiger partial charge on any atom is -0.478 e. The molecule has 0 aliphatic rings. The van der Waals surface area contributed by atoms with E-state index in [0.29, 0.717) is 26.2 Å². The lowest BCUT2D eigenvalue weighted by atomic mass is 10.4. The van der Waals surface area contributed by atoms with Gasteiger partial charge in [0, 0.05) is 45.0 Å². The Morgan fingerprint density at radius 1 is 0.900 bits per heavy atom. The number of aliphatic carboxylic acids is 1. The van der Waals surface area contributed by atoms with Gasteiger partial charge in [0.25, 0.3) is 0 Å². The molecule has 0 bridgehead atoms. The van der Waals surface area contributed by atoms with E-state index in [-0.39, 0.29) is 6.61 Å². The van der Waals surface area contributed by atoms with Gasteiger partial charge in [-0.15, -0.1) is 0 Å². The fraction of sp³-hybridized carbons (Fsp3) is 0.714. The summed E-state index contributed by atoms with van der Waals surface area (Å²) in [7, 11) is 0. The summed E-state index contributed by atoms with van der Waals surface area (Å²) in [4.78, 5) is 21.1. The Labute approximate surface area is 119 Å². The number of carbonyl (C=O) groups excluding carboxylic acids is 1. The number of hydrogen-bond acceptors (Lipinski definition) is 5. The highest BCUT2D eigenvalue weighted by atomic mass is 16.5. The molecular weight excluding hydrogens is 264 g/mol. The molecule has 6 heteroatoms. The van der Waals surface area contributed by atoms with Gasteiger partial charge < -0.3 is 19.3 Å². The highest BCUT2D eigenvalue weighted by Crippen LogP contribution is 1.92. The predicted octanol–water partition coefficient (Wildman–Crippen LogP) is 1.78. The first kappa shape index (κ1) is 18.6. The summed E-state index contributed by atoms with van der Waals surface area (Å²) >= 11 is 0. The molecule has 0 spiro atoms. The van der Waals surface area contributed by atoms with E-state index in [2.05, 4.69) is 6.92 Å². The Morgan fingerprint density at radius 2 is 1.45 bits per heavy atom. The molecular formula is C14H24O6. The van der Waals surface area contributed by atoms with Gasteiger partial charge in [-0.1, -0.05) is 13.3 Å². The number of esters is 1. The molecule has 0 aliphatic heterocycles. The minimum atomic E-state index is -1.17. The zero-order valence-electron chi connectivity index (χ0n) is 12.0. The average molecular weight is 288 g/mol. The molecule has 0 aliphatic carbocycles. The van der Waals surface area contributed by atoms with E-state index in [9.17, 15) is 9.59 Å². The van der Waals surface area contributed by atoms with Crippen molar-refractivity contribution in [2.75, 3.05) is 33.0 Å². The van der Waals surface area contributed by atoms with Gasteiger partial charge >= 0.3 is 11.9 Å². The van der Waals surface area contributed by atoms with Crippen molar-refractivity contribution in [1.82, 2.24) is 0 Å². The maximum Gasteiger partial charge on any atom is 0.331 e. The van der Waals surface area contributed by atoms with Crippen molar-refractivity contribution in [3.8, 4) is 0 Å². The molecule has 0 aromatic carbocycles. The monoisotopic (exact) mass is 288 g/mol. The zero-order valence-corrected chi connectivity index (χ0v) is 12.0. The smallest absolute Gasteiger partial charge is 0.331 e. The Kier molecular flexibility index (Phi) is 13.0. The van der Waals surface area contributed by atoms with Crippen LogP contribution in [0.5, 0.6) is 0 Å². The Bertz CT molecular complexity index is 287. The van der Waals surface area contributed by atoms with E-state index >= 15 is 0 Å². The second kappa shape index (κ2) is 14.0. The molecule has 116 valence electrons. The Balaban J connectivity index is 3.20. The van der Waals surface area contributed by atoms with Crippen LogP contribution in [0.25, 0.3) is 0 Å². The van der Waals surface area contributed by atoms with Gasteiger partial charge in [0.15, 0.2) is 0 Å². The summed E-state index contributed by atoms with van der Waals surface area (Å²) in [5.74, 6) is -1.83. The minimum absolute atomic E-state index is 0.218. The molecule has 0 aromatic heterocycles. The summed E-state index contributed by atoms with van der Waals surface area (Å²) in [5, 5.41) is 8.30. The van der Waals surface area contributed by atoms with Crippen molar-refractivity contribution >= 4 is 11.9 Å². The van der Waals surface area contributed by atoms with Crippen LogP contribution in [0.4, 0.5) is 0 Å². The first-order valence-corrected chi connectivity index (χ1v) is 6.90. The third kappa shape index (κ3) is 14.7. The summed E-state index contributed by atoms with van der Waals surface area (Å²) < 4.78 is 15.5. The average Bonchev–Trinajstić information content (AvgIpc) is 2.42. The SMILES string of the molecule is CCCCOCCCOCCCOC(=O)/C=C\C(=O)O. The maximum absolute atomic E-state index is 11.0. The van der Waals surface area contributed by atoms with Gasteiger partial charge in [0.05, 0.1) is 6.61 Å². The Hall–Kier alpha value is -1.40. The zero-order chi connectivity index (χ0) is 15.1. The number of unbranched alkanes of at least 4 members (excludes halogenated alkanes) is 1. The number of carboxylic acids is 1. The number of carboxylic acid groups (broad SMARTS) is 1. The van der Waals surface area contributed by atoms with Crippen LogP contribution in [0, 0.1) is 0 Å². The van der Waals surface area contributed by atoms with Gasteiger partial charge in [0.2, 0.25) is 0 Å². The standard InChI is InChI=1S/C14H24O6/c1-2-3-8-18-9-4-10-19-11-5-12-20-14(17)7-6-13(15)16/h6-7H,2-5,8-12H2,1H3,(H,15,16)/b7-6-. The van der Waals surface area contributed by atoms with E-state index in [1.165, 1.54) is 0 Å². The fourth-order valence-corrected chi connectivity index (χ4v) is 1.23. The lowest BCUT2D eigenvalue weighted by Gasteiger charge is -2.05. The molecule has 0 saturated heterocycles. The van der Waals surface area contributed by atoms with Gasteiger partial charge in [-0.3, -0.25) is 0 Å². The van der Waals surface area contributed by atoms with Gasteiger partial charge in [-0.25, -0.2) is 9.59 Å². The van der Waals surface area contributed by atoms with E-state index in [1.807, 2.05) is 0 Å². The van der Waals surface area contributed by atoms with Crippen LogP contribution in [-0.2, 0) is 23.8 Å². The first-order valence-electron chi connectivity index (χ1n) is 6.90. The number of ether oxygens (including phenoxy) is 3. The normalized spacial score (nSPS) is 10.8. The molecule has 0 rings (SSSR count). The Morgan fingerprint density at radius 3 is 2.00 bits per heavy atom. The third-order valence-corrected chi connectivity index (χ3v) is 2.26. The second-order valence-corrected chi connectivity index (χ2v) is 4.12. The first-order chi connectivity index (χ1) is 9.66. The molecule has 0 atom stereocenters. The summed E-state index contributed by atoms with van der Waals surface area (Å²) in [6.45, 7) is 4.97. The van der Waals surface area contributed by atoms with Crippen LogP contribution in [-0.4, -0.2) is 50.1 Å². The van der Waals surface area contributed by atoms with Crippen LogP contribution in [0.15, 0.2) is 12.2 Å². The quantitative estimate of drug-likeness (QED) is 0.316. The number of carbonyl (C=O) groups is 2. The molecule has 0 aromatic rings. The van der Waals surface area contributed by atoms with Crippen LogP contribution in [0.3, 0.4) is 0 Å². The molecule has 0 unspecified atom stereocenters. The van der Waals surface area contributed by atoms with E-state index in [1.54, 1.807) is 0 Å². The number of hydrogen-bond donors (Lipinski definition) is 1. The molecule has 0 fully saturated rings. The molecule has 0 saturated carbocycles. The second-order valence-electron chi connectivity index (χ2n) is 4.12. The van der Waals surface area contributed by atoms with E-state index in [4.69, 9.17) is 19.3 Å². The predicted molar refractivity (Wildman–Crippen MR) is 73.5 cm³/mol. The lowest BCUT2D eigenvalue weighted by Crippen LogP contribution is -2.07. The fourth-order valence-electron chi connectivity index (χ4n) is 1.23. The lowest BCUT2D eigenvalue weighted by molar-refractivity contribution is -0.139. The number of rotatable bonds is 13. The molecule has 6 nitrogen and oxygen atoms in total. The molecule has 20 heavy (non-hydrogen) atoms. The molecule has 1 N–H and O–H groups in total. The van der Waals surface area contributed by atoms with Crippen molar-refractivity contribution in [1.29, 1.82) is 0 Å². The van der Waals surface area contributed by atoms with Crippen LogP contribution >= 0.6 is 0 Å². The highest BCUT2D eigenvalue weighted by Gasteiger charge is 1.98. The van der Waals surface area contributed by atoms with E-state index < -0.39 is 11.9 Å². The van der Waals surface area contributed by atoms with Crippen molar-refractivity contribution in [3.63, 3.8) is 0 Å². The van der Waals surface area contributed by atoms with Crippen LogP contribution in [0.1, 0.15) is 32.6 Å². The highest BCUT2D eigenvalue weighted by molar-refractivity contribution is 5.90. The summed E-state index contributed by atoms with van der Waals surface area (Å²) in [5.41, 5.74) is 0. The van der Waals surface area contributed by atoms with Crippen LogP contribution < -0.4 is 0 Å². The topological polar surface area (TPSA) is 82.1 Å². The third-order valence-electron chi connectivity index (χ3n) is 2.26. The summed E-state index contributed by atoms with van der Waals surface area (Å²) in [6.07, 6.45) is 5.29. The summed E-state index contributed by atoms with van der Waals surface area (Å²) in [6, 6.07) is 0. The van der Waals surface area contributed by atoms with Gasteiger partial charge in [-0.05, 0) is 12.8 Å². The van der Waals surface area contributed by atoms with Gasteiger partial charge in [0.1, 0.15) is 0 Å². The molecule has 0 radical (unpaired) electrons. The largest absolute Gasteiger partial charge is 0.478 e. The van der Waals surface area contributed by atoms with E-state index in [0.717, 1.165) is 38.0 Å². The van der Waals surface area contributed by atoms with Crippen molar-refractivity contribution in [2.24, 2.45) is 0 Å². The van der Waals surface area contributed by atoms with Gasteiger partial charge in [-0.2, -0.15) is 0 Å². The maximum atomic E-state index is 11.0. The van der Waals surface area contributed by atoms with Crippen molar-refractivity contribution in [2.45, 2.75) is 32.6 Å².